The first-order valence-electron chi connectivity index (χ1n) is 11.1. The third-order valence-corrected chi connectivity index (χ3v) is 6.39. The van der Waals surface area contributed by atoms with Gasteiger partial charge in [0, 0.05) is 16.3 Å². The van der Waals surface area contributed by atoms with Gasteiger partial charge in [0.05, 0.1) is 25.3 Å². The number of urea groups is 1. The largest absolute Gasteiger partial charge is 0.497 e. The van der Waals surface area contributed by atoms with Crippen LogP contribution in [0, 0.1) is 0 Å². The maximum atomic E-state index is 13.2. The molecule has 1 aliphatic heterocycles. The minimum absolute atomic E-state index is 0.227. The molecule has 0 saturated carbocycles. The summed E-state index contributed by atoms with van der Waals surface area (Å²) in [7, 11) is 1.62. The Bertz CT molecular complexity index is 1380. The van der Waals surface area contributed by atoms with Gasteiger partial charge >= 0.3 is 6.03 Å². The smallest absolute Gasteiger partial charge is 0.322 e. The Hall–Kier alpha value is -4.10. The van der Waals surface area contributed by atoms with Crippen molar-refractivity contribution >= 4 is 23.2 Å². The fourth-order valence-electron chi connectivity index (χ4n) is 4.13. The average Bonchev–Trinajstić information content (AvgIpc) is 3.37. The number of aromatic nitrogens is 2. The Morgan fingerprint density at radius 3 is 2.46 bits per heavy atom. The van der Waals surface area contributed by atoms with E-state index in [-0.39, 0.29) is 6.03 Å². The number of nitrogens with one attached hydrogen (secondary N) is 1. The molecule has 0 spiro atoms. The number of allylic oxidation sites excluding steroid dienone is 1. The number of carbonyl (C=O) groups excluding carboxylic acids is 1. The molecule has 3 aromatic carbocycles. The minimum atomic E-state index is -0.449. The van der Waals surface area contributed by atoms with Crippen LogP contribution in [0.25, 0.3) is 17.0 Å². The molecule has 35 heavy (non-hydrogen) atoms. The molecule has 0 bridgehead atoms. The lowest BCUT2D eigenvalue weighted by Crippen LogP contribution is -2.45. The summed E-state index contributed by atoms with van der Waals surface area (Å²) in [5.74, 6) is 1.53. The molecule has 1 aromatic heterocycles. The second-order valence-corrected chi connectivity index (χ2v) is 8.53. The minimum Gasteiger partial charge on any atom is -0.497 e. The normalized spacial score (nSPS) is 15.8. The van der Waals surface area contributed by atoms with Gasteiger partial charge in [-0.15, -0.1) is 0 Å². The number of benzene rings is 3. The van der Waals surface area contributed by atoms with Crippen LogP contribution in [-0.4, -0.2) is 28.2 Å². The number of rotatable bonds is 6. The molecule has 0 fully saturated rings. The van der Waals surface area contributed by atoms with E-state index in [4.69, 9.17) is 20.9 Å². The highest BCUT2D eigenvalue weighted by Crippen LogP contribution is 2.38. The Labute approximate surface area is 208 Å². The zero-order valence-corrected chi connectivity index (χ0v) is 20.0. The third-order valence-electron chi connectivity index (χ3n) is 6.02. The van der Waals surface area contributed by atoms with Crippen LogP contribution in [0.4, 0.5) is 4.79 Å². The van der Waals surface area contributed by atoms with Gasteiger partial charge in [-0.1, -0.05) is 65.3 Å². The van der Waals surface area contributed by atoms with Gasteiger partial charge in [0.1, 0.15) is 5.75 Å². The topological polar surface area (TPSA) is 80.5 Å². The first-order chi connectivity index (χ1) is 17.0. The third kappa shape index (κ3) is 4.50. The Morgan fingerprint density at radius 1 is 1.03 bits per heavy atom. The second kappa shape index (κ2) is 9.64. The van der Waals surface area contributed by atoms with Crippen molar-refractivity contribution in [3.8, 4) is 17.1 Å². The molecular formula is C27H23ClN4O3. The standard InChI is InChI=1S/C27H23ClN4O3/c1-17-23(26-30-25(31-35-26)19-12-14-21(34-2)15-13-19)24(18-8-4-3-5-9-18)29-27(33)32(17)16-20-10-6-7-11-22(20)28/h3-15,24H,16H2,1-2H3,(H,29,33). The predicted molar refractivity (Wildman–Crippen MR) is 134 cm³/mol. The second-order valence-electron chi connectivity index (χ2n) is 8.12. The zero-order chi connectivity index (χ0) is 24.4. The molecule has 4 aromatic rings. The fourth-order valence-corrected chi connectivity index (χ4v) is 4.33. The van der Waals surface area contributed by atoms with Crippen LogP contribution in [0.3, 0.4) is 0 Å². The van der Waals surface area contributed by atoms with E-state index >= 15 is 0 Å². The van der Waals surface area contributed by atoms with E-state index in [9.17, 15) is 4.79 Å². The lowest BCUT2D eigenvalue weighted by Gasteiger charge is -2.35. The van der Waals surface area contributed by atoms with Gasteiger partial charge < -0.3 is 14.6 Å². The van der Waals surface area contributed by atoms with Crippen molar-refractivity contribution < 1.29 is 14.1 Å². The first-order valence-corrected chi connectivity index (χ1v) is 11.5. The molecule has 1 atom stereocenters. The molecule has 1 unspecified atom stereocenters. The van der Waals surface area contributed by atoms with Gasteiger partial charge in [0.25, 0.3) is 5.89 Å². The molecule has 1 N–H and O–H groups in total. The molecule has 2 heterocycles. The maximum Gasteiger partial charge on any atom is 0.322 e. The number of halogens is 1. The number of hydrogen-bond donors (Lipinski definition) is 1. The SMILES string of the molecule is COc1ccc(-c2noc(C3=C(C)N(Cc4ccccc4Cl)C(=O)NC3c3ccccc3)n2)cc1. The summed E-state index contributed by atoms with van der Waals surface area (Å²) in [6.07, 6.45) is 0. The summed E-state index contributed by atoms with van der Waals surface area (Å²) in [4.78, 5) is 19.6. The summed E-state index contributed by atoms with van der Waals surface area (Å²) < 4.78 is 11.0. The van der Waals surface area contributed by atoms with E-state index in [1.165, 1.54) is 0 Å². The first kappa shape index (κ1) is 22.7. The van der Waals surface area contributed by atoms with Crippen LogP contribution >= 0.6 is 11.6 Å². The molecule has 176 valence electrons. The van der Waals surface area contributed by atoms with Crippen LogP contribution < -0.4 is 10.1 Å². The predicted octanol–water partition coefficient (Wildman–Crippen LogP) is 6.10. The molecule has 2 amide bonds. The molecule has 7 nitrogen and oxygen atoms in total. The summed E-state index contributed by atoms with van der Waals surface area (Å²) in [6.45, 7) is 2.19. The van der Waals surface area contributed by atoms with E-state index in [1.54, 1.807) is 12.0 Å². The van der Waals surface area contributed by atoms with E-state index < -0.39 is 6.04 Å². The highest BCUT2D eigenvalue weighted by atomic mass is 35.5. The molecule has 5 rings (SSSR count). The average molecular weight is 487 g/mol. The lowest BCUT2D eigenvalue weighted by molar-refractivity contribution is 0.203. The van der Waals surface area contributed by atoms with Gasteiger partial charge in [-0.25, -0.2) is 4.79 Å². The Kier molecular flexibility index (Phi) is 6.25. The Balaban J connectivity index is 1.58. The molecule has 0 aliphatic carbocycles. The van der Waals surface area contributed by atoms with Crippen molar-refractivity contribution in [2.75, 3.05) is 7.11 Å². The number of ether oxygens (including phenoxy) is 1. The zero-order valence-electron chi connectivity index (χ0n) is 19.2. The quantitative estimate of drug-likeness (QED) is 0.356. The molecule has 0 saturated heterocycles. The number of methoxy groups -OCH3 is 1. The van der Waals surface area contributed by atoms with Crippen LogP contribution in [0.1, 0.15) is 30.0 Å². The van der Waals surface area contributed by atoms with Crippen molar-refractivity contribution in [3.05, 3.63) is 107 Å². The summed E-state index contributed by atoms with van der Waals surface area (Å²) >= 11 is 6.39. The van der Waals surface area contributed by atoms with Gasteiger partial charge in [-0.3, -0.25) is 4.90 Å². The van der Waals surface area contributed by atoms with Crippen molar-refractivity contribution in [1.82, 2.24) is 20.4 Å². The van der Waals surface area contributed by atoms with E-state index in [2.05, 4.69) is 15.5 Å². The van der Waals surface area contributed by atoms with E-state index in [0.29, 0.717) is 29.0 Å². The molecule has 0 radical (unpaired) electrons. The van der Waals surface area contributed by atoms with Gasteiger partial charge in [-0.2, -0.15) is 4.98 Å². The lowest BCUT2D eigenvalue weighted by atomic mass is 9.94. The number of hydrogen-bond acceptors (Lipinski definition) is 5. The molecule has 8 heteroatoms. The Morgan fingerprint density at radius 2 is 1.74 bits per heavy atom. The fraction of sp³-hybridized carbons (Fsp3) is 0.148. The van der Waals surface area contributed by atoms with Gasteiger partial charge in [-0.05, 0) is 48.4 Å². The number of amides is 2. The van der Waals surface area contributed by atoms with Crippen LogP contribution in [-0.2, 0) is 6.54 Å². The summed E-state index contributed by atoms with van der Waals surface area (Å²) in [5, 5.41) is 7.91. The number of nitrogens with zero attached hydrogens (tertiary/aromatic N) is 3. The van der Waals surface area contributed by atoms with E-state index in [1.807, 2.05) is 85.8 Å². The maximum absolute atomic E-state index is 13.2. The van der Waals surface area contributed by atoms with Crippen LogP contribution in [0.5, 0.6) is 5.75 Å². The summed E-state index contributed by atoms with van der Waals surface area (Å²) in [6, 6.07) is 23.9. The highest BCUT2D eigenvalue weighted by molar-refractivity contribution is 6.31. The van der Waals surface area contributed by atoms with Crippen molar-refractivity contribution in [2.45, 2.75) is 19.5 Å². The van der Waals surface area contributed by atoms with Crippen LogP contribution in [0.15, 0.2) is 89.1 Å². The monoisotopic (exact) mass is 486 g/mol. The van der Waals surface area contributed by atoms with Gasteiger partial charge in [0.15, 0.2) is 0 Å². The highest BCUT2D eigenvalue weighted by Gasteiger charge is 2.36. The van der Waals surface area contributed by atoms with E-state index in [0.717, 1.165) is 28.0 Å². The van der Waals surface area contributed by atoms with Crippen molar-refractivity contribution in [3.63, 3.8) is 0 Å². The molecule has 1 aliphatic rings. The van der Waals surface area contributed by atoms with Crippen molar-refractivity contribution in [1.29, 1.82) is 0 Å². The molecular weight excluding hydrogens is 464 g/mol. The summed E-state index contributed by atoms with van der Waals surface area (Å²) in [5.41, 5.74) is 3.99. The number of carbonyl (C=O) groups is 1. The van der Waals surface area contributed by atoms with Crippen LogP contribution in [0.2, 0.25) is 5.02 Å². The van der Waals surface area contributed by atoms with Crippen molar-refractivity contribution in [2.24, 2.45) is 0 Å². The van der Waals surface area contributed by atoms with Gasteiger partial charge in [0.2, 0.25) is 5.82 Å².